The molecule has 0 fully saturated rings. The highest BCUT2D eigenvalue weighted by molar-refractivity contribution is 6.30. The van der Waals surface area contributed by atoms with Crippen LogP contribution in [0.2, 0.25) is 5.02 Å². The van der Waals surface area contributed by atoms with Gasteiger partial charge in [0.1, 0.15) is 0 Å². The Morgan fingerprint density at radius 2 is 2.31 bits per heavy atom. The molecule has 0 aromatic heterocycles. The summed E-state index contributed by atoms with van der Waals surface area (Å²) >= 11 is 5.80. The second kappa shape index (κ2) is 5.05. The zero-order valence-electron chi connectivity index (χ0n) is 7.28. The first-order valence-electron chi connectivity index (χ1n) is 4.20. The molecule has 0 bridgehead atoms. The van der Waals surface area contributed by atoms with Gasteiger partial charge < -0.3 is 5.11 Å². The molecule has 1 N–H and O–H groups in total. The molecule has 13 heavy (non-hydrogen) atoms. The van der Waals surface area contributed by atoms with E-state index >= 15 is 0 Å². The Labute approximate surface area is 83.7 Å². The minimum Gasteiger partial charge on any atom is -0.389 e. The lowest BCUT2D eigenvalue weighted by Gasteiger charge is -2.04. The minimum atomic E-state index is -0.529. The van der Waals surface area contributed by atoms with Gasteiger partial charge in [-0.05, 0) is 30.5 Å². The van der Waals surface area contributed by atoms with Gasteiger partial charge >= 0.3 is 0 Å². The van der Waals surface area contributed by atoms with Crippen LogP contribution in [0.1, 0.15) is 12.0 Å². The van der Waals surface area contributed by atoms with E-state index in [1.54, 1.807) is 0 Å². The summed E-state index contributed by atoms with van der Waals surface area (Å²) in [5.41, 5.74) is 1.12. The van der Waals surface area contributed by atoms with E-state index in [4.69, 9.17) is 18.2 Å². The first-order valence-corrected chi connectivity index (χ1v) is 4.57. The number of halogens is 1. The van der Waals surface area contributed by atoms with Crippen LogP contribution in [0.3, 0.4) is 0 Å². The third kappa shape index (κ3) is 3.62. The molecular formula is C11H12ClO. The van der Waals surface area contributed by atoms with E-state index in [0.717, 1.165) is 17.0 Å². The zero-order chi connectivity index (χ0) is 9.68. The second-order valence-corrected chi connectivity index (χ2v) is 3.36. The molecule has 1 radical (unpaired) electrons. The Kier molecular flexibility index (Phi) is 4.00. The summed E-state index contributed by atoms with van der Waals surface area (Å²) in [6.07, 6.45) is 2.19. The summed E-state index contributed by atoms with van der Waals surface area (Å²) < 4.78 is 0. The summed E-state index contributed by atoms with van der Waals surface area (Å²) in [5.74, 6) is 0. The van der Waals surface area contributed by atoms with E-state index in [0.29, 0.717) is 6.42 Å². The number of hydrogen-bond donors (Lipinski definition) is 1. The van der Waals surface area contributed by atoms with Crippen molar-refractivity contribution in [2.45, 2.75) is 18.9 Å². The van der Waals surface area contributed by atoms with Crippen molar-refractivity contribution in [1.82, 2.24) is 0 Å². The van der Waals surface area contributed by atoms with Crippen LogP contribution in [-0.4, -0.2) is 11.2 Å². The maximum Gasteiger partial charge on any atom is 0.0727 e. The SMILES string of the molecule is [CH]=CC(O)CCc1cccc(Cl)c1. The minimum absolute atomic E-state index is 0.529. The van der Waals surface area contributed by atoms with E-state index in [-0.39, 0.29) is 0 Å². The molecule has 0 saturated carbocycles. The maximum atomic E-state index is 9.17. The van der Waals surface area contributed by atoms with E-state index in [1.807, 2.05) is 24.3 Å². The first-order chi connectivity index (χ1) is 6.22. The highest BCUT2D eigenvalue weighted by Crippen LogP contribution is 2.12. The predicted molar refractivity (Wildman–Crippen MR) is 54.6 cm³/mol. The van der Waals surface area contributed by atoms with Crippen LogP contribution in [0.5, 0.6) is 0 Å². The van der Waals surface area contributed by atoms with Crippen LogP contribution in [-0.2, 0) is 6.42 Å². The molecule has 1 aromatic rings. The van der Waals surface area contributed by atoms with Gasteiger partial charge in [0, 0.05) is 5.02 Å². The fourth-order valence-corrected chi connectivity index (χ4v) is 1.32. The molecule has 1 aromatic carbocycles. The molecule has 0 aliphatic carbocycles. The van der Waals surface area contributed by atoms with Crippen molar-refractivity contribution in [3.05, 3.63) is 47.5 Å². The van der Waals surface area contributed by atoms with Crippen molar-refractivity contribution >= 4 is 11.6 Å². The van der Waals surface area contributed by atoms with Gasteiger partial charge in [0.05, 0.1) is 6.10 Å². The Morgan fingerprint density at radius 1 is 1.54 bits per heavy atom. The molecule has 0 spiro atoms. The van der Waals surface area contributed by atoms with E-state index in [9.17, 15) is 5.11 Å². The molecule has 1 unspecified atom stereocenters. The fraction of sp³-hybridized carbons (Fsp3) is 0.273. The van der Waals surface area contributed by atoms with E-state index in [1.165, 1.54) is 6.08 Å². The van der Waals surface area contributed by atoms with Crippen molar-refractivity contribution in [2.24, 2.45) is 0 Å². The molecular weight excluding hydrogens is 184 g/mol. The number of aliphatic hydroxyl groups excluding tert-OH is 1. The predicted octanol–water partition coefficient (Wildman–Crippen LogP) is 2.62. The summed E-state index contributed by atoms with van der Waals surface area (Å²) in [4.78, 5) is 0. The lowest BCUT2D eigenvalue weighted by molar-refractivity contribution is 0.213. The summed E-state index contributed by atoms with van der Waals surface area (Å²) in [7, 11) is 0. The van der Waals surface area contributed by atoms with Crippen molar-refractivity contribution in [1.29, 1.82) is 0 Å². The summed E-state index contributed by atoms with van der Waals surface area (Å²) in [6, 6.07) is 7.60. The molecule has 1 atom stereocenters. The molecule has 2 heteroatoms. The smallest absolute Gasteiger partial charge is 0.0727 e. The normalized spacial score (nSPS) is 12.5. The Bertz CT molecular complexity index is 283. The number of hydrogen-bond acceptors (Lipinski definition) is 1. The van der Waals surface area contributed by atoms with Gasteiger partial charge in [-0.3, -0.25) is 0 Å². The van der Waals surface area contributed by atoms with Crippen LogP contribution >= 0.6 is 11.6 Å². The Morgan fingerprint density at radius 3 is 2.92 bits per heavy atom. The molecule has 0 aliphatic rings. The quantitative estimate of drug-likeness (QED) is 0.783. The summed E-state index contributed by atoms with van der Waals surface area (Å²) in [6.45, 7) is 5.17. The number of benzene rings is 1. The van der Waals surface area contributed by atoms with Gasteiger partial charge in [-0.15, -0.1) is 0 Å². The van der Waals surface area contributed by atoms with Crippen molar-refractivity contribution < 1.29 is 5.11 Å². The van der Waals surface area contributed by atoms with Crippen LogP contribution in [0, 0.1) is 6.58 Å². The monoisotopic (exact) mass is 195 g/mol. The molecule has 0 aliphatic heterocycles. The van der Waals surface area contributed by atoms with Gasteiger partial charge in [0.25, 0.3) is 0 Å². The average molecular weight is 196 g/mol. The van der Waals surface area contributed by atoms with Gasteiger partial charge in [-0.25, -0.2) is 0 Å². The van der Waals surface area contributed by atoms with Crippen LogP contribution < -0.4 is 0 Å². The zero-order valence-corrected chi connectivity index (χ0v) is 8.04. The summed E-state index contributed by atoms with van der Waals surface area (Å²) in [5, 5.41) is 9.90. The second-order valence-electron chi connectivity index (χ2n) is 2.93. The molecule has 0 heterocycles. The van der Waals surface area contributed by atoms with Crippen LogP contribution in [0.15, 0.2) is 30.3 Å². The van der Waals surface area contributed by atoms with Gasteiger partial charge in [-0.2, -0.15) is 0 Å². The maximum absolute atomic E-state index is 9.17. The third-order valence-corrected chi connectivity index (χ3v) is 2.08. The van der Waals surface area contributed by atoms with Gasteiger partial charge in [0.2, 0.25) is 0 Å². The van der Waals surface area contributed by atoms with Crippen LogP contribution in [0.25, 0.3) is 0 Å². The van der Waals surface area contributed by atoms with Crippen molar-refractivity contribution in [3.8, 4) is 0 Å². The largest absolute Gasteiger partial charge is 0.389 e. The van der Waals surface area contributed by atoms with Crippen molar-refractivity contribution in [3.63, 3.8) is 0 Å². The molecule has 0 saturated heterocycles. The van der Waals surface area contributed by atoms with Gasteiger partial charge in [0.15, 0.2) is 0 Å². The van der Waals surface area contributed by atoms with E-state index < -0.39 is 6.10 Å². The van der Waals surface area contributed by atoms with Gasteiger partial charge in [-0.1, -0.05) is 36.4 Å². The lowest BCUT2D eigenvalue weighted by Crippen LogP contribution is -2.02. The first kappa shape index (κ1) is 10.3. The number of aliphatic hydroxyl groups is 1. The Hall–Kier alpha value is -0.790. The highest BCUT2D eigenvalue weighted by atomic mass is 35.5. The highest BCUT2D eigenvalue weighted by Gasteiger charge is 1.99. The van der Waals surface area contributed by atoms with Crippen LogP contribution in [0.4, 0.5) is 0 Å². The molecule has 1 rings (SSSR count). The standard InChI is InChI=1S/C11H12ClO/c1-2-11(13)7-6-9-4-3-5-10(12)8-9/h1-5,8,11,13H,6-7H2. The molecule has 0 amide bonds. The molecule has 69 valence electrons. The number of aryl methyl sites for hydroxylation is 1. The Balaban J connectivity index is 2.49. The number of rotatable bonds is 4. The molecule has 1 nitrogen and oxygen atoms in total. The topological polar surface area (TPSA) is 20.2 Å². The third-order valence-electron chi connectivity index (χ3n) is 1.84. The van der Waals surface area contributed by atoms with Crippen molar-refractivity contribution in [2.75, 3.05) is 0 Å². The fourth-order valence-electron chi connectivity index (χ4n) is 1.10. The average Bonchev–Trinajstić information content (AvgIpc) is 2.14. The van der Waals surface area contributed by atoms with E-state index in [2.05, 4.69) is 0 Å². The lowest BCUT2D eigenvalue weighted by atomic mass is 10.1.